The Morgan fingerprint density at radius 3 is 2.56 bits per heavy atom. The van der Waals surface area contributed by atoms with Gasteiger partial charge in [-0.25, -0.2) is 0 Å². The topological polar surface area (TPSA) is 38.5 Å². The van der Waals surface area contributed by atoms with Crippen molar-refractivity contribution in [3.8, 4) is 5.75 Å². The second kappa shape index (κ2) is 5.72. The van der Waals surface area contributed by atoms with Crippen molar-refractivity contribution < 1.29 is 4.74 Å². The summed E-state index contributed by atoms with van der Waals surface area (Å²) in [7, 11) is 3.91. The van der Waals surface area contributed by atoms with Crippen molar-refractivity contribution in [2.45, 2.75) is 37.8 Å². The molecule has 2 rings (SSSR count). The predicted octanol–water partition coefficient (Wildman–Crippen LogP) is 2.40. The van der Waals surface area contributed by atoms with Crippen molar-refractivity contribution in [2.24, 2.45) is 5.73 Å². The molecule has 0 bridgehead atoms. The Morgan fingerprint density at radius 2 is 1.94 bits per heavy atom. The highest BCUT2D eigenvalue weighted by molar-refractivity contribution is 5.33. The van der Waals surface area contributed by atoms with Crippen molar-refractivity contribution >= 4 is 0 Å². The fourth-order valence-corrected chi connectivity index (χ4v) is 3.03. The smallest absolute Gasteiger partial charge is 0.123 e. The third kappa shape index (κ3) is 2.52. The molecule has 0 saturated heterocycles. The van der Waals surface area contributed by atoms with Gasteiger partial charge in [-0.1, -0.05) is 31.0 Å². The van der Waals surface area contributed by atoms with Gasteiger partial charge in [0.15, 0.2) is 0 Å². The van der Waals surface area contributed by atoms with E-state index in [2.05, 4.69) is 24.1 Å². The highest BCUT2D eigenvalue weighted by Crippen LogP contribution is 2.35. The van der Waals surface area contributed by atoms with Gasteiger partial charge in [-0.3, -0.25) is 4.90 Å². The Hall–Kier alpha value is -1.06. The zero-order valence-electron chi connectivity index (χ0n) is 11.5. The number of ether oxygens (including phenoxy) is 1. The number of hydrogen-bond acceptors (Lipinski definition) is 3. The van der Waals surface area contributed by atoms with Gasteiger partial charge in [-0.05, 0) is 26.0 Å². The molecular formula is C15H24N2O. The molecule has 1 aliphatic carbocycles. The Bertz CT molecular complexity index is 386. The summed E-state index contributed by atoms with van der Waals surface area (Å²) in [5.74, 6) is 0.967. The number of methoxy groups -OCH3 is 1. The molecule has 0 unspecified atom stereocenters. The zero-order chi connectivity index (χ0) is 13.0. The molecule has 3 heteroatoms. The molecule has 100 valence electrons. The van der Waals surface area contributed by atoms with E-state index in [-0.39, 0.29) is 5.54 Å². The molecule has 0 spiro atoms. The highest BCUT2D eigenvalue weighted by Gasteiger charge is 2.36. The Kier molecular flexibility index (Phi) is 4.25. The summed E-state index contributed by atoms with van der Waals surface area (Å²) < 4.78 is 5.42. The maximum Gasteiger partial charge on any atom is 0.123 e. The van der Waals surface area contributed by atoms with Crippen LogP contribution < -0.4 is 10.5 Å². The first-order valence-electron chi connectivity index (χ1n) is 6.75. The third-order valence-corrected chi connectivity index (χ3v) is 4.32. The number of hydrogen-bond donors (Lipinski definition) is 1. The molecule has 0 aliphatic heterocycles. The van der Waals surface area contributed by atoms with Crippen LogP contribution in [0.2, 0.25) is 0 Å². The molecule has 0 atom stereocenters. The molecule has 1 fully saturated rings. The standard InChI is InChI=1S/C15H24N2O/c1-17(15(12-16)9-5-6-10-15)11-13-7-3-4-8-14(13)18-2/h3-4,7-8H,5-6,9-12,16H2,1-2H3. The lowest BCUT2D eigenvalue weighted by Gasteiger charge is -2.38. The van der Waals surface area contributed by atoms with E-state index in [1.54, 1.807) is 7.11 Å². The van der Waals surface area contributed by atoms with E-state index in [0.717, 1.165) is 18.8 Å². The van der Waals surface area contributed by atoms with Crippen molar-refractivity contribution in [3.63, 3.8) is 0 Å². The van der Waals surface area contributed by atoms with Crippen LogP contribution in [-0.2, 0) is 6.54 Å². The molecule has 1 aliphatic rings. The fraction of sp³-hybridized carbons (Fsp3) is 0.600. The number of nitrogens with zero attached hydrogens (tertiary/aromatic N) is 1. The summed E-state index contributed by atoms with van der Waals surface area (Å²) in [5, 5.41) is 0. The normalized spacial score (nSPS) is 18.2. The first kappa shape index (κ1) is 13.4. The average molecular weight is 248 g/mol. The second-order valence-corrected chi connectivity index (χ2v) is 5.30. The third-order valence-electron chi connectivity index (χ3n) is 4.32. The van der Waals surface area contributed by atoms with Gasteiger partial charge in [0.2, 0.25) is 0 Å². The van der Waals surface area contributed by atoms with Crippen LogP contribution in [0.25, 0.3) is 0 Å². The van der Waals surface area contributed by atoms with Crippen LogP contribution in [0.15, 0.2) is 24.3 Å². The summed E-state index contributed by atoms with van der Waals surface area (Å²) in [6.45, 7) is 1.65. The molecule has 2 N–H and O–H groups in total. The van der Waals surface area contributed by atoms with Gasteiger partial charge < -0.3 is 10.5 Å². The second-order valence-electron chi connectivity index (χ2n) is 5.30. The van der Waals surface area contributed by atoms with Crippen molar-refractivity contribution in [2.75, 3.05) is 20.7 Å². The van der Waals surface area contributed by atoms with Crippen LogP contribution in [0.3, 0.4) is 0 Å². The van der Waals surface area contributed by atoms with E-state index in [0.29, 0.717) is 0 Å². The van der Waals surface area contributed by atoms with Crippen LogP contribution in [0.4, 0.5) is 0 Å². The van der Waals surface area contributed by atoms with Gasteiger partial charge >= 0.3 is 0 Å². The van der Waals surface area contributed by atoms with Crippen molar-refractivity contribution in [1.82, 2.24) is 4.90 Å². The molecule has 1 aromatic carbocycles. The summed E-state index contributed by atoms with van der Waals surface area (Å²) in [4.78, 5) is 2.41. The van der Waals surface area contributed by atoms with Crippen LogP contribution in [0.5, 0.6) is 5.75 Å². The van der Waals surface area contributed by atoms with Gasteiger partial charge in [-0.2, -0.15) is 0 Å². The predicted molar refractivity (Wildman–Crippen MR) is 74.7 cm³/mol. The molecule has 0 amide bonds. The SMILES string of the molecule is COc1ccccc1CN(C)C1(CN)CCCC1. The summed E-state index contributed by atoms with van der Waals surface area (Å²) >= 11 is 0. The molecule has 1 aromatic rings. The van der Waals surface area contributed by atoms with Crippen LogP contribution >= 0.6 is 0 Å². The Balaban J connectivity index is 2.12. The number of benzene rings is 1. The number of likely N-dealkylation sites (N-methyl/N-ethyl adjacent to an activating group) is 1. The monoisotopic (exact) mass is 248 g/mol. The van der Waals surface area contributed by atoms with Crippen LogP contribution in [0, 0.1) is 0 Å². The lowest BCUT2D eigenvalue weighted by molar-refractivity contribution is 0.123. The van der Waals surface area contributed by atoms with E-state index in [9.17, 15) is 0 Å². The van der Waals surface area contributed by atoms with Crippen LogP contribution in [-0.4, -0.2) is 31.1 Å². The van der Waals surface area contributed by atoms with Gasteiger partial charge in [0.25, 0.3) is 0 Å². The lowest BCUT2D eigenvalue weighted by Crippen LogP contribution is -2.49. The minimum Gasteiger partial charge on any atom is -0.496 e. The van der Waals surface area contributed by atoms with E-state index in [1.165, 1.54) is 31.2 Å². The van der Waals surface area contributed by atoms with Gasteiger partial charge in [-0.15, -0.1) is 0 Å². The maximum absolute atomic E-state index is 6.02. The van der Waals surface area contributed by atoms with E-state index >= 15 is 0 Å². The van der Waals surface area contributed by atoms with Crippen molar-refractivity contribution in [1.29, 1.82) is 0 Å². The first-order chi connectivity index (χ1) is 8.72. The van der Waals surface area contributed by atoms with Crippen molar-refractivity contribution in [3.05, 3.63) is 29.8 Å². The van der Waals surface area contributed by atoms with Gasteiger partial charge in [0, 0.05) is 24.2 Å². The minimum atomic E-state index is 0.195. The Morgan fingerprint density at radius 1 is 1.28 bits per heavy atom. The van der Waals surface area contributed by atoms with Gasteiger partial charge in [0.05, 0.1) is 7.11 Å². The quantitative estimate of drug-likeness (QED) is 0.869. The highest BCUT2D eigenvalue weighted by atomic mass is 16.5. The minimum absolute atomic E-state index is 0.195. The average Bonchev–Trinajstić information content (AvgIpc) is 2.89. The number of para-hydroxylation sites is 1. The van der Waals surface area contributed by atoms with E-state index in [4.69, 9.17) is 10.5 Å². The van der Waals surface area contributed by atoms with Crippen LogP contribution in [0.1, 0.15) is 31.2 Å². The number of nitrogens with two attached hydrogens (primary N) is 1. The number of rotatable bonds is 5. The molecule has 0 aromatic heterocycles. The molecule has 1 saturated carbocycles. The van der Waals surface area contributed by atoms with E-state index < -0.39 is 0 Å². The zero-order valence-corrected chi connectivity index (χ0v) is 11.5. The lowest BCUT2D eigenvalue weighted by atomic mass is 9.95. The summed E-state index contributed by atoms with van der Waals surface area (Å²) in [6, 6.07) is 8.23. The summed E-state index contributed by atoms with van der Waals surface area (Å²) in [6.07, 6.45) is 5.03. The maximum atomic E-state index is 6.02. The van der Waals surface area contributed by atoms with Gasteiger partial charge in [0.1, 0.15) is 5.75 Å². The molecule has 0 radical (unpaired) electrons. The first-order valence-corrected chi connectivity index (χ1v) is 6.75. The molecule has 18 heavy (non-hydrogen) atoms. The van der Waals surface area contributed by atoms with E-state index in [1.807, 2.05) is 12.1 Å². The molecule has 3 nitrogen and oxygen atoms in total. The molecular weight excluding hydrogens is 224 g/mol. The largest absolute Gasteiger partial charge is 0.496 e. The summed E-state index contributed by atoms with van der Waals surface area (Å²) in [5.41, 5.74) is 7.45. The fourth-order valence-electron chi connectivity index (χ4n) is 3.03. The molecule has 0 heterocycles. The Labute approximate surface area is 110 Å².